The van der Waals surface area contributed by atoms with Crippen LogP contribution in [0.3, 0.4) is 0 Å². The molecule has 1 atom stereocenters. The van der Waals surface area contributed by atoms with Crippen molar-refractivity contribution in [2.24, 2.45) is 0 Å². The zero-order valence-corrected chi connectivity index (χ0v) is 23.1. The van der Waals surface area contributed by atoms with Crippen LogP contribution in [0.2, 0.25) is 10.0 Å². The fourth-order valence-corrected chi connectivity index (χ4v) is 5.09. The number of carbonyl (C=O) groups is 2. The monoisotopic (exact) mass is 561 g/mol. The van der Waals surface area contributed by atoms with E-state index in [0.29, 0.717) is 15.6 Å². The zero-order valence-electron chi connectivity index (χ0n) is 20.8. The first-order valence-corrected chi connectivity index (χ1v) is 14.1. The minimum Gasteiger partial charge on any atom is -0.357 e. The normalized spacial score (nSPS) is 12.0. The molecular formula is C27H29Cl2N3O4S. The lowest BCUT2D eigenvalue weighted by molar-refractivity contribution is -0.139. The zero-order chi connectivity index (χ0) is 27.2. The number of benzene rings is 3. The van der Waals surface area contributed by atoms with Crippen molar-refractivity contribution in [3.63, 3.8) is 0 Å². The highest BCUT2D eigenvalue weighted by atomic mass is 35.5. The number of nitrogens with one attached hydrogen (secondary N) is 1. The molecule has 0 bridgehead atoms. The van der Waals surface area contributed by atoms with Crippen LogP contribution in [0, 0.1) is 6.92 Å². The third-order valence-corrected chi connectivity index (χ3v) is 7.86. The van der Waals surface area contributed by atoms with Crippen LogP contribution in [0.15, 0.2) is 72.8 Å². The average molecular weight is 563 g/mol. The van der Waals surface area contributed by atoms with E-state index in [2.05, 4.69) is 5.32 Å². The highest BCUT2D eigenvalue weighted by Gasteiger charge is 2.33. The lowest BCUT2D eigenvalue weighted by atomic mass is 10.0. The molecular weight excluding hydrogens is 533 g/mol. The summed E-state index contributed by atoms with van der Waals surface area (Å²) >= 11 is 12.6. The first-order valence-electron chi connectivity index (χ1n) is 11.5. The molecule has 0 aromatic heterocycles. The van der Waals surface area contributed by atoms with Gasteiger partial charge >= 0.3 is 0 Å². The summed E-state index contributed by atoms with van der Waals surface area (Å²) in [5.41, 5.74) is 2.50. The smallest absolute Gasteiger partial charge is 0.244 e. The summed E-state index contributed by atoms with van der Waals surface area (Å²) in [5.74, 6) is -0.944. The average Bonchev–Trinajstić information content (AvgIpc) is 2.86. The first-order chi connectivity index (χ1) is 17.5. The molecule has 196 valence electrons. The van der Waals surface area contributed by atoms with Gasteiger partial charge < -0.3 is 10.2 Å². The van der Waals surface area contributed by atoms with Crippen molar-refractivity contribution in [2.75, 3.05) is 24.2 Å². The Labute approximate surface area is 228 Å². The minimum atomic E-state index is -3.87. The predicted octanol–water partition coefficient (Wildman–Crippen LogP) is 4.45. The van der Waals surface area contributed by atoms with Crippen molar-refractivity contribution >= 4 is 50.7 Å². The second kappa shape index (κ2) is 12.4. The topological polar surface area (TPSA) is 86.8 Å². The molecule has 0 saturated carbocycles. The summed E-state index contributed by atoms with van der Waals surface area (Å²) in [4.78, 5) is 28.3. The fraction of sp³-hybridized carbons (Fsp3) is 0.259. The molecule has 37 heavy (non-hydrogen) atoms. The predicted molar refractivity (Wildman–Crippen MR) is 148 cm³/mol. The molecule has 10 heteroatoms. The number of sulfonamides is 1. The number of hydrogen-bond donors (Lipinski definition) is 1. The summed E-state index contributed by atoms with van der Waals surface area (Å²) in [6.07, 6.45) is 1.25. The van der Waals surface area contributed by atoms with E-state index in [1.165, 1.54) is 18.0 Å². The van der Waals surface area contributed by atoms with Crippen molar-refractivity contribution in [1.82, 2.24) is 10.2 Å². The summed E-state index contributed by atoms with van der Waals surface area (Å²) in [6.45, 7) is 1.28. The van der Waals surface area contributed by atoms with Crippen LogP contribution in [0.1, 0.15) is 16.7 Å². The number of amides is 2. The fourth-order valence-electron chi connectivity index (χ4n) is 3.88. The van der Waals surface area contributed by atoms with Gasteiger partial charge in [0.1, 0.15) is 12.6 Å². The molecule has 2 amide bonds. The molecule has 7 nitrogen and oxygen atoms in total. The van der Waals surface area contributed by atoms with E-state index in [9.17, 15) is 18.0 Å². The van der Waals surface area contributed by atoms with Crippen LogP contribution in [0.5, 0.6) is 0 Å². The Kier molecular flexibility index (Phi) is 9.59. The number of anilines is 1. The highest BCUT2D eigenvalue weighted by Crippen LogP contribution is 2.26. The van der Waals surface area contributed by atoms with Crippen molar-refractivity contribution in [3.05, 3.63) is 99.5 Å². The van der Waals surface area contributed by atoms with E-state index in [-0.39, 0.29) is 24.6 Å². The van der Waals surface area contributed by atoms with Crippen LogP contribution < -0.4 is 9.62 Å². The summed E-state index contributed by atoms with van der Waals surface area (Å²) < 4.78 is 26.5. The van der Waals surface area contributed by atoms with Crippen LogP contribution in [-0.2, 0) is 32.6 Å². The Hall–Kier alpha value is -3.07. The van der Waals surface area contributed by atoms with Crippen LogP contribution in [0.25, 0.3) is 0 Å². The van der Waals surface area contributed by atoms with Gasteiger partial charge in [0.15, 0.2) is 0 Å². The van der Waals surface area contributed by atoms with Crippen molar-refractivity contribution in [1.29, 1.82) is 0 Å². The Morgan fingerprint density at radius 3 is 2.19 bits per heavy atom. The molecule has 0 heterocycles. The third kappa shape index (κ3) is 7.47. The van der Waals surface area contributed by atoms with Gasteiger partial charge in [-0.15, -0.1) is 0 Å². The maximum absolute atomic E-state index is 13.9. The Balaban J connectivity index is 2.05. The molecule has 0 unspecified atom stereocenters. The number of nitrogens with zero attached hydrogens (tertiary/aromatic N) is 2. The molecule has 0 aliphatic rings. The lowest BCUT2D eigenvalue weighted by Gasteiger charge is -2.33. The quantitative estimate of drug-likeness (QED) is 0.396. The van der Waals surface area contributed by atoms with E-state index in [1.807, 2.05) is 30.3 Å². The molecule has 3 aromatic carbocycles. The molecule has 0 fully saturated rings. The van der Waals surface area contributed by atoms with Crippen molar-refractivity contribution in [2.45, 2.75) is 25.9 Å². The SMILES string of the molecule is CNC(=O)[C@@H](Cc1ccccc1)N(Cc1ccccc1Cl)C(=O)CN(c1ccc(C)c(Cl)c1)S(C)(=O)=O. The second-order valence-electron chi connectivity index (χ2n) is 8.64. The second-order valence-corrected chi connectivity index (χ2v) is 11.4. The molecule has 1 N–H and O–H groups in total. The number of likely N-dealkylation sites (N-methyl/N-ethyl adjacent to an activating group) is 1. The lowest BCUT2D eigenvalue weighted by Crippen LogP contribution is -2.52. The van der Waals surface area contributed by atoms with Gasteiger partial charge in [0.05, 0.1) is 11.9 Å². The summed E-state index contributed by atoms with van der Waals surface area (Å²) in [5, 5.41) is 3.44. The van der Waals surface area contributed by atoms with Gasteiger partial charge in [-0.1, -0.05) is 77.8 Å². The highest BCUT2D eigenvalue weighted by molar-refractivity contribution is 7.92. The molecule has 0 aliphatic heterocycles. The van der Waals surface area contributed by atoms with Crippen molar-refractivity contribution < 1.29 is 18.0 Å². The van der Waals surface area contributed by atoms with Crippen LogP contribution >= 0.6 is 23.2 Å². The molecule has 3 rings (SSSR count). The summed E-state index contributed by atoms with van der Waals surface area (Å²) in [6, 6.07) is 20.2. The van der Waals surface area contributed by atoms with Gasteiger partial charge in [0.2, 0.25) is 21.8 Å². The van der Waals surface area contributed by atoms with E-state index < -0.39 is 28.5 Å². The van der Waals surface area contributed by atoms with Crippen LogP contribution in [-0.4, -0.2) is 51.0 Å². The number of rotatable bonds is 10. The van der Waals surface area contributed by atoms with Gasteiger partial charge in [-0.05, 0) is 41.8 Å². The minimum absolute atomic E-state index is 0.00961. The maximum atomic E-state index is 13.9. The molecule has 3 aromatic rings. The molecule has 0 saturated heterocycles. The van der Waals surface area contributed by atoms with Gasteiger partial charge in [-0.3, -0.25) is 13.9 Å². The van der Waals surface area contributed by atoms with Crippen molar-refractivity contribution in [3.8, 4) is 0 Å². The van der Waals surface area contributed by atoms with E-state index in [4.69, 9.17) is 23.2 Å². The summed E-state index contributed by atoms with van der Waals surface area (Å²) in [7, 11) is -2.37. The molecule has 0 aliphatic carbocycles. The molecule has 0 spiro atoms. The Morgan fingerprint density at radius 2 is 1.59 bits per heavy atom. The van der Waals surface area contributed by atoms with E-state index in [0.717, 1.165) is 21.7 Å². The number of hydrogen-bond acceptors (Lipinski definition) is 4. The Bertz CT molecular complexity index is 1370. The number of aryl methyl sites for hydroxylation is 1. The van der Waals surface area contributed by atoms with Gasteiger partial charge in [0.25, 0.3) is 0 Å². The van der Waals surface area contributed by atoms with E-state index in [1.54, 1.807) is 43.3 Å². The van der Waals surface area contributed by atoms with Gasteiger partial charge in [0, 0.05) is 30.1 Å². The number of carbonyl (C=O) groups excluding carboxylic acids is 2. The standard InChI is InChI=1S/C27H29Cl2N3O4S/c1-19-13-14-22(16-24(19)29)32(37(3,35)36)18-26(33)31(17-21-11-7-8-12-23(21)28)25(27(34)30-2)15-20-9-5-4-6-10-20/h4-14,16,25H,15,17-18H2,1-3H3,(H,30,34)/t25-/m1/s1. The van der Waals surface area contributed by atoms with Gasteiger partial charge in [-0.25, -0.2) is 8.42 Å². The third-order valence-electron chi connectivity index (χ3n) is 5.94. The maximum Gasteiger partial charge on any atom is 0.244 e. The Morgan fingerprint density at radius 1 is 0.946 bits per heavy atom. The number of halogens is 2. The van der Waals surface area contributed by atoms with Crippen LogP contribution in [0.4, 0.5) is 5.69 Å². The molecule has 0 radical (unpaired) electrons. The van der Waals surface area contributed by atoms with Gasteiger partial charge in [-0.2, -0.15) is 0 Å². The first kappa shape index (κ1) is 28.5. The van der Waals surface area contributed by atoms with E-state index >= 15 is 0 Å². The largest absolute Gasteiger partial charge is 0.357 e.